The lowest BCUT2D eigenvalue weighted by Crippen LogP contribution is -2.29. The molecule has 4 radical (unpaired) electrons. The fourth-order valence-electron chi connectivity index (χ4n) is 10.0. The van der Waals surface area contributed by atoms with Crippen LogP contribution in [0.4, 0.5) is 0 Å². The van der Waals surface area contributed by atoms with Gasteiger partial charge in [0.25, 0.3) is 0 Å². The molecule has 0 aliphatic heterocycles. The number of benzene rings is 6. The highest BCUT2D eigenvalue weighted by Crippen LogP contribution is 2.55. The maximum absolute atomic E-state index is 7.19. The molecular weight excluding hydrogens is 646 g/mol. The summed E-state index contributed by atoms with van der Waals surface area (Å²) < 4.78 is 0. The molecule has 0 bridgehead atoms. The molecule has 0 nitrogen and oxygen atoms in total. The van der Waals surface area contributed by atoms with Gasteiger partial charge < -0.3 is 0 Å². The minimum Gasteiger partial charge on any atom is -0.103 e. The molecule has 0 spiro atoms. The van der Waals surface area contributed by atoms with Crippen molar-refractivity contribution in [3.8, 4) is 33.4 Å². The molecule has 0 unspecified atom stereocenters. The smallest absolute Gasteiger partial charge is 0.103 e. The normalized spacial score (nSPS) is 17.6. The van der Waals surface area contributed by atoms with Gasteiger partial charge in [-0.1, -0.05) is 133 Å². The average Bonchev–Trinajstić information content (AvgIpc) is 4.04. The fourth-order valence-corrected chi connectivity index (χ4v) is 10.0. The van der Waals surface area contributed by atoms with Crippen molar-refractivity contribution in [2.24, 2.45) is 0 Å². The molecular formula is C52H46B2. The lowest BCUT2D eigenvalue weighted by atomic mass is 9.69. The summed E-state index contributed by atoms with van der Waals surface area (Å²) in [6.45, 7) is 2.34. The van der Waals surface area contributed by atoms with Gasteiger partial charge in [0, 0.05) is 0 Å². The lowest BCUT2D eigenvalue weighted by molar-refractivity contribution is 0.420. The van der Waals surface area contributed by atoms with Crippen LogP contribution in [0.25, 0.3) is 66.1 Å². The molecule has 10 rings (SSSR count). The van der Waals surface area contributed by atoms with E-state index in [0.717, 1.165) is 44.0 Å². The standard InChI is InChI=1S/C52H46B2/c1-32-15-8-9-22-37(32)40-27-14-28-43(46(40)35-20-12-21-35)49-41-23-10-11-24-42(41)50(44-31-45(53)52(54)47(51(44)49)36-29-30-36)48-38(33-16-4-2-5-17-33)25-13-26-39(48)34-18-6-3-7-19-34/h2,4-5,9-11,13-14,16-18,22-28,31,35-36H,3,6-8,12,15,19-21,29-30H2,1H3. The van der Waals surface area contributed by atoms with Gasteiger partial charge in [-0.05, 0) is 171 Å². The van der Waals surface area contributed by atoms with Gasteiger partial charge >= 0.3 is 0 Å². The Morgan fingerprint density at radius 3 is 1.96 bits per heavy atom. The van der Waals surface area contributed by atoms with E-state index in [4.69, 9.17) is 15.7 Å². The van der Waals surface area contributed by atoms with Gasteiger partial charge in [0.15, 0.2) is 0 Å². The topological polar surface area (TPSA) is 0 Å². The highest BCUT2D eigenvalue weighted by molar-refractivity contribution is 6.51. The molecule has 2 heteroatoms. The molecule has 0 atom stereocenters. The van der Waals surface area contributed by atoms with E-state index in [0.29, 0.717) is 17.3 Å². The van der Waals surface area contributed by atoms with Crippen LogP contribution in [0.2, 0.25) is 0 Å². The molecule has 0 aromatic heterocycles. The highest BCUT2D eigenvalue weighted by atomic mass is 14.4. The van der Waals surface area contributed by atoms with Crippen LogP contribution in [0.15, 0.2) is 121 Å². The third-order valence-corrected chi connectivity index (χ3v) is 13.1. The summed E-state index contributed by atoms with van der Waals surface area (Å²) in [5.74, 6) is 0.953. The molecule has 0 N–H and O–H groups in total. The van der Waals surface area contributed by atoms with Gasteiger partial charge in [0.1, 0.15) is 15.7 Å². The zero-order chi connectivity index (χ0) is 36.3. The first-order valence-corrected chi connectivity index (χ1v) is 20.5. The Bertz CT molecular complexity index is 2560. The molecule has 6 aromatic rings. The Kier molecular flexibility index (Phi) is 8.62. The second-order valence-electron chi connectivity index (χ2n) is 16.4. The largest absolute Gasteiger partial charge is 0.113 e. The number of hydrogen-bond acceptors (Lipinski definition) is 0. The minimum absolute atomic E-state index is 0.412. The summed E-state index contributed by atoms with van der Waals surface area (Å²) >= 11 is 0. The quantitative estimate of drug-likeness (QED) is 0.115. The van der Waals surface area contributed by atoms with Gasteiger partial charge in [-0.25, -0.2) is 0 Å². The molecule has 2 saturated carbocycles. The lowest BCUT2D eigenvalue weighted by Gasteiger charge is -2.33. The van der Waals surface area contributed by atoms with Crippen molar-refractivity contribution in [1.29, 1.82) is 0 Å². The van der Waals surface area contributed by atoms with E-state index in [9.17, 15) is 0 Å². The average molecular weight is 693 g/mol. The predicted molar refractivity (Wildman–Crippen MR) is 235 cm³/mol. The van der Waals surface area contributed by atoms with Crippen LogP contribution in [0.5, 0.6) is 0 Å². The van der Waals surface area contributed by atoms with Gasteiger partial charge in [0.05, 0.1) is 0 Å². The van der Waals surface area contributed by atoms with Crippen molar-refractivity contribution < 1.29 is 0 Å². The molecule has 0 heterocycles. The van der Waals surface area contributed by atoms with Crippen molar-refractivity contribution in [2.45, 2.75) is 89.4 Å². The molecule has 260 valence electrons. The third kappa shape index (κ3) is 5.59. The molecule has 2 fully saturated rings. The van der Waals surface area contributed by atoms with Crippen LogP contribution in [0.3, 0.4) is 0 Å². The summed E-state index contributed by atoms with van der Waals surface area (Å²) in [5.41, 5.74) is 19.2. The van der Waals surface area contributed by atoms with E-state index in [1.54, 1.807) is 0 Å². The van der Waals surface area contributed by atoms with Crippen molar-refractivity contribution >= 4 is 59.3 Å². The van der Waals surface area contributed by atoms with E-state index in [-0.39, 0.29) is 0 Å². The van der Waals surface area contributed by atoms with Gasteiger partial charge in [-0.2, -0.15) is 0 Å². The maximum Gasteiger partial charge on any atom is 0.113 e. The summed E-state index contributed by atoms with van der Waals surface area (Å²) in [7, 11) is 14.2. The SMILES string of the molecule is [B]c1cc2c(-c3c(C4=CCCCC4)cccc3-c3ccccc3)c3ccccc3c(-c3cccc(C4=C(C)CCC=C4)c3C3CCC3)c2c(C2CC2)c1[B]. The van der Waals surface area contributed by atoms with Crippen molar-refractivity contribution in [3.05, 3.63) is 143 Å². The predicted octanol–water partition coefficient (Wildman–Crippen LogP) is 12.8. The monoisotopic (exact) mass is 692 g/mol. The Balaban J connectivity index is 1.39. The first-order chi connectivity index (χ1) is 26.6. The maximum atomic E-state index is 7.19. The van der Waals surface area contributed by atoms with E-state index >= 15 is 0 Å². The zero-order valence-electron chi connectivity index (χ0n) is 31.6. The van der Waals surface area contributed by atoms with Crippen LogP contribution < -0.4 is 10.9 Å². The fraction of sp³-hybridized carbons (Fsp3) is 0.269. The van der Waals surface area contributed by atoms with Crippen molar-refractivity contribution in [2.75, 3.05) is 0 Å². The van der Waals surface area contributed by atoms with Crippen molar-refractivity contribution in [1.82, 2.24) is 0 Å². The van der Waals surface area contributed by atoms with Crippen molar-refractivity contribution in [3.63, 3.8) is 0 Å². The molecule has 4 aliphatic rings. The van der Waals surface area contributed by atoms with Crippen LogP contribution in [0.1, 0.15) is 112 Å². The first-order valence-electron chi connectivity index (χ1n) is 20.5. The van der Waals surface area contributed by atoms with E-state index in [2.05, 4.69) is 122 Å². The van der Waals surface area contributed by atoms with E-state index in [1.165, 1.54) is 126 Å². The van der Waals surface area contributed by atoms with Crippen LogP contribution in [-0.4, -0.2) is 15.7 Å². The molecule has 4 aliphatic carbocycles. The Hall–Kier alpha value is -4.81. The summed E-state index contributed by atoms with van der Waals surface area (Å²) in [4.78, 5) is 0. The minimum atomic E-state index is 0.412. The second kappa shape index (κ2) is 13.8. The van der Waals surface area contributed by atoms with Crippen LogP contribution in [0, 0.1) is 0 Å². The molecule has 54 heavy (non-hydrogen) atoms. The van der Waals surface area contributed by atoms with E-state index < -0.39 is 0 Å². The Morgan fingerprint density at radius 2 is 1.26 bits per heavy atom. The molecule has 0 amide bonds. The van der Waals surface area contributed by atoms with Gasteiger partial charge in [-0.3, -0.25) is 0 Å². The highest BCUT2D eigenvalue weighted by Gasteiger charge is 2.34. The Labute approximate surface area is 323 Å². The molecule has 6 aromatic carbocycles. The van der Waals surface area contributed by atoms with E-state index in [1.807, 2.05) is 0 Å². The number of hydrogen-bond donors (Lipinski definition) is 0. The first kappa shape index (κ1) is 33.7. The Morgan fingerprint density at radius 1 is 0.556 bits per heavy atom. The zero-order valence-corrected chi connectivity index (χ0v) is 31.6. The van der Waals surface area contributed by atoms with Gasteiger partial charge in [0.2, 0.25) is 0 Å². The number of rotatable bonds is 7. The third-order valence-electron chi connectivity index (χ3n) is 13.1. The van der Waals surface area contributed by atoms with Crippen LogP contribution in [-0.2, 0) is 0 Å². The number of allylic oxidation sites excluding steroid dienone is 6. The van der Waals surface area contributed by atoms with Crippen LogP contribution >= 0.6 is 0 Å². The molecule has 0 saturated heterocycles. The summed E-state index contributed by atoms with van der Waals surface area (Å²) in [5, 5.41) is 5.13. The van der Waals surface area contributed by atoms with Gasteiger partial charge in [-0.15, -0.1) is 5.46 Å². The summed E-state index contributed by atoms with van der Waals surface area (Å²) in [6, 6.07) is 36.6. The number of fused-ring (bicyclic) bond motifs is 2. The summed E-state index contributed by atoms with van der Waals surface area (Å²) in [6.07, 6.45) is 20.3. The second-order valence-corrected chi connectivity index (χ2v) is 16.4.